The van der Waals surface area contributed by atoms with E-state index >= 15 is 0 Å². The molecule has 0 saturated carbocycles. The molecule has 88 valence electrons. The molecule has 0 fully saturated rings. The highest BCUT2D eigenvalue weighted by Crippen LogP contribution is 2.28. The van der Waals surface area contributed by atoms with Crippen molar-refractivity contribution in [1.29, 1.82) is 0 Å². The summed E-state index contributed by atoms with van der Waals surface area (Å²) in [5.74, 6) is 0.500. The molecule has 4 heteroatoms. The van der Waals surface area contributed by atoms with Gasteiger partial charge >= 0.3 is 0 Å². The number of amidine groups is 2. The Labute approximate surface area is 100 Å². The van der Waals surface area contributed by atoms with Crippen molar-refractivity contribution in [3.63, 3.8) is 0 Å². The van der Waals surface area contributed by atoms with Crippen LogP contribution in [0.5, 0.6) is 0 Å². The van der Waals surface area contributed by atoms with Gasteiger partial charge in [-0.1, -0.05) is 30.3 Å². The van der Waals surface area contributed by atoms with Crippen LogP contribution in [0.4, 0.5) is 0 Å². The standard InChI is InChI=1S/C13H15N3O/c1-9(17)13(14)16-12-8-7-11(15-12)10-5-3-2-4-6-10/h2-6,11H,7-8H2,1H3,(H2,14,15,16). The van der Waals surface area contributed by atoms with Crippen molar-refractivity contribution in [2.75, 3.05) is 0 Å². The van der Waals surface area contributed by atoms with E-state index in [9.17, 15) is 4.79 Å². The molecule has 4 nitrogen and oxygen atoms in total. The van der Waals surface area contributed by atoms with Crippen molar-refractivity contribution in [1.82, 2.24) is 0 Å². The Morgan fingerprint density at radius 3 is 2.76 bits per heavy atom. The predicted molar refractivity (Wildman–Crippen MR) is 68.2 cm³/mol. The van der Waals surface area contributed by atoms with E-state index in [2.05, 4.69) is 22.1 Å². The Hall–Kier alpha value is -1.97. The van der Waals surface area contributed by atoms with Crippen molar-refractivity contribution >= 4 is 17.5 Å². The SMILES string of the molecule is CC(=O)C(N)=NC1=NC(c2ccccc2)CC1. The summed E-state index contributed by atoms with van der Waals surface area (Å²) < 4.78 is 0. The van der Waals surface area contributed by atoms with Gasteiger partial charge in [0.1, 0.15) is 5.84 Å². The molecule has 1 heterocycles. The highest BCUT2D eigenvalue weighted by Gasteiger charge is 2.19. The number of rotatable bonds is 2. The molecule has 17 heavy (non-hydrogen) atoms. The third-order valence-electron chi connectivity index (χ3n) is 2.74. The van der Waals surface area contributed by atoms with Crippen molar-refractivity contribution in [3.8, 4) is 0 Å². The zero-order valence-electron chi connectivity index (χ0n) is 9.76. The third-order valence-corrected chi connectivity index (χ3v) is 2.74. The number of aliphatic imine (C=N–C) groups is 2. The van der Waals surface area contributed by atoms with Crippen LogP contribution in [0.25, 0.3) is 0 Å². The summed E-state index contributed by atoms with van der Waals surface area (Å²) in [7, 11) is 0. The molecule has 0 radical (unpaired) electrons. The van der Waals surface area contributed by atoms with Crippen molar-refractivity contribution in [2.24, 2.45) is 15.7 Å². The maximum absolute atomic E-state index is 11.0. The van der Waals surface area contributed by atoms with Gasteiger partial charge in [-0.15, -0.1) is 0 Å². The first-order valence-corrected chi connectivity index (χ1v) is 5.63. The number of Topliss-reactive ketones (excluding diaryl/α,β-unsaturated/α-hetero) is 1. The Morgan fingerprint density at radius 2 is 2.12 bits per heavy atom. The number of benzene rings is 1. The topological polar surface area (TPSA) is 67.8 Å². The molecule has 2 rings (SSSR count). The summed E-state index contributed by atoms with van der Waals surface area (Å²) in [6, 6.07) is 10.2. The fourth-order valence-corrected chi connectivity index (χ4v) is 1.79. The number of nitrogens with zero attached hydrogens (tertiary/aromatic N) is 2. The largest absolute Gasteiger partial charge is 0.381 e. The first-order chi connectivity index (χ1) is 8.16. The van der Waals surface area contributed by atoms with Crippen LogP contribution in [0.3, 0.4) is 0 Å². The molecule has 2 N–H and O–H groups in total. The predicted octanol–water partition coefficient (Wildman–Crippen LogP) is 1.87. The van der Waals surface area contributed by atoms with Gasteiger partial charge in [0.25, 0.3) is 0 Å². The number of hydrogen-bond donors (Lipinski definition) is 1. The van der Waals surface area contributed by atoms with Gasteiger partial charge in [0, 0.05) is 13.3 Å². The first-order valence-electron chi connectivity index (χ1n) is 5.63. The van der Waals surface area contributed by atoms with Crippen LogP contribution in [-0.4, -0.2) is 17.5 Å². The van der Waals surface area contributed by atoms with Gasteiger partial charge in [0.05, 0.1) is 6.04 Å². The lowest BCUT2D eigenvalue weighted by Crippen LogP contribution is -2.22. The molecule has 1 aliphatic heterocycles. The molecule has 1 atom stereocenters. The van der Waals surface area contributed by atoms with Gasteiger partial charge in [-0.25, -0.2) is 4.99 Å². The molecule has 0 spiro atoms. The highest BCUT2D eigenvalue weighted by atomic mass is 16.1. The van der Waals surface area contributed by atoms with E-state index in [0.717, 1.165) is 12.8 Å². The third kappa shape index (κ3) is 2.78. The second-order valence-corrected chi connectivity index (χ2v) is 4.06. The van der Waals surface area contributed by atoms with Crippen LogP contribution >= 0.6 is 0 Å². The maximum atomic E-state index is 11.0. The van der Waals surface area contributed by atoms with Gasteiger partial charge in [-0.3, -0.25) is 9.79 Å². The van der Waals surface area contributed by atoms with Gasteiger partial charge in [-0.05, 0) is 12.0 Å². The highest BCUT2D eigenvalue weighted by molar-refractivity contribution is 6.39. The van der Waals surface area contributed by atoms with Crippen molar-refractivity contribution in [2.45, 2.75) is 25.8 Å². The fraction of sp³-hybridized carbons (Fsp3) is 0.308. The molecule has 1 aromatic carbocycles. The second kappa shape index (κ2) is 4.91. The summed E-state index contributed by atoms with van der Waals surface area (Å²) in [4.78, 5) is 19.5. The average Bonchev–Trinajstić information content (AvgIpc) is 2.78. The minimum Gasteiger partial charge on any atom is -0.381 e. The summed E-state index contributed by atoms with van der Waals surface area (Å²) >= 11 is 0. The molecule has 1 aromatic rings. The van der Waals surface area contributed by atoms with Crippen LogP contribution in [0, 0.1) is 0 Å². The monoisotopic (exact) mass is 229 g/mol. The fourth-order valence-electron chi connectivity index (χ4n) is 1.79. The maximum Gasteiger partial charge on any atom is 0.194 e. The molecule has 1 aliphatic rings. The molecule has 0 aliphatic carbocycles. The minimum absolute atomic E-state index is 0.0393. The van der Waals surface area contributed by atoms with E-state index in [-0.39, 0.29) is 17.7 Å². The Morgan fingerprint density at radius 1 is 1.41 bits per heavy atom. The number of hydrogen-bond acceptors (Lipinski definition) is 3. The van der Waals surface area contributed by atoms with Gasteiger partial charge in [0.2, 0.25) is 0 Å². The Bertz CT molecular complexity index is 477. The summed E-state index contributed by atoms with van der Waals surface area (Å²) in [5.41, 5.74) is 6.68. The lowest BCUT2D eigenvalue weighted by Gasteiger charge is -2.04. The summed E-state index contributed by atoms with van der Waals surface area (Å²) in [5, 5.41) is 0. The molecule has 0 aromatic heterocycles. The molecule has 1 unspecified atom stereocenters. The molecular weight excluding hydrogens is 214 g/mol. The summed E-state index contributed by atoms with van der Waals surface area (Å²) in [6.07, 6.45) is 1.70. The lowest BCUT2D eigenvalue weighted by atomic mass is 10.1. The van der Waals surface area contributed by atoms with E-state index in [1.54, 1.807) is 0 Å². The Kier molecular flexibility index (Phi) is 3.32. The number of carbonyl (C=O) groups is 1. The zero-order valence-corrected chi connectivity index (χ0v) is 9.76. The van der Waals surface area contributed by atoms with Crippen LogP contribution in [0.15, 0.2) is 40.3 Å². The smallest absolute Gasteiger partial charge is 0.194 e. The lowest BCUT2D eigenvalue weighted by molar-refractivity contribution is -0.111. The van der Waals surface area contributed by atoms with Gasteiger partial charge in [-0.2, -0.15) is 0 Å². The number of ketones is 1. The molecule has 0 saturated heterocycles. The number of nitrogens with two attached hydrogens (primary N) is 1. The molecular formula is C13H15N3O. The number of carbonyl (C=O) groups excluding carboxylic acids is 1. The van der Waals surface area contributed by atoms with Crippen molar-refractivity contribution < 1.29 is 4.79 Å². The zero-order chi connectivity index (χ0) is 12.3. The van der Waals surface area contributed by atoms with Crippen LogP contribution in [-0.2, 0) is 4.79 Å². The van der Waals surface area contributed by atoms with Crippen LogP contribution < -0.4 is 5.73 Å². The van der Waals surface area contributed by atoms with E-state index in [1.165, 1.54) is 12.5 Å². The average molecular weight is 229 g/mol. The summed E-state index contributed by atoms with van der Waals surface area (Å²) in [6.45, 7) is 1.41. The minimum atomic E-state index is -0.212. The van der Waals surface area contributed by atoms with E-state index in [0.29, 0.717) is 5.84 Å². The molecule has 0 amide bonds. The van der Waals surface area contributed by atoms with Crippen LogP contribution in [0.2, 0.25) is 0 Å². The molecule has 0 bridgehead atoms. The normalized spacial score (nSPS) is 20.2. The van der Waals surface area contributed by atoms with E-state index in [1.807, 2.05) is 18.2 Å². The van der Waals surface area contributed by atoms with E-state index in [4.69, 9.17) is 5.73 Å². The van der Waals surface area contributed by atoms with Gasteiger partial charge < -0.3 is 5.73 Å². The van der Waals surface area contributed by atoms with Crippen molar-refractivity contribution in [3.05, 3.63) is 35.9 Å². The quantitative estimate of drug-likeness (QED) is 0.621. The first kappa shape index (κ1) is 11.5. The second-order valence-electron chi connectivity index (χ2n) is 4.06. The van der Waals surface area contributed by atoms with Crippen LogP contribution in [0.1, 0.15) is 31.4 Å². The van der Waals surface area contributed by atoms with Gasteiger partial charge in [0.15, 0.2) is 11.6 Å². The Balaban J connectivity index is 2.15. The van der Waals surface area contributed by atoms with E-state index < -0.39 is 0 Å².